The number of rotatable bonds is 8. The van der Waals surface area contributed by atoms with E-state index in [4.69, 9.17) is 9.47 Å². The smallest absolute Gasteiger partial charge is 0.191 e. The lowest BCUT2D eigenvalue weighted by atomic mass is 10.1. The van der Waals surface area contributed by atoms with E-state index in [1.54, 1.807) is 38.5 Å². The van der Waals surface area contributed by atoms with E-state index in [2.05, 4.69) is 15.6 Å². The second-order valence-electron chi connectivity index (χ2n) is 5.79. The maximum Gasteiger partial charge on any atom is 0.191 e. The van der Waals surface area contributed by atoms with E-state index in [1.807, 2.05) is 19.1 Å². The summed E-state index contributed by atoms with van der Waals surface area (Å²) in [6.45, 7) is 3.10. The van der Waals surface area contributed by atoms with Gasteiger partial charge in [-0.1, -0.05) is 18.2 Å². The zero-order valence-corrected chi connectivity index (χ0v) is 15.8. The summed E-state index contributed by atoms with van der Waals surface area (Å²) in [5.41, 5.74) is 1.14. The highest BCUT2D eigenvalue weighted by Gasteiger charge is 2.13. The van der Waals surface area contributed by atoms with Crippen molar-refractivity contribution in [2.45, 2.75) is 19.6 Å². The number of aliphatic hydroxyl groups excluding tert-OH is 1. The zero-order chi connectivity index (χ0) is 19.6. The van der Waals surface area contributed by atoms with Crippen LogP contribution in [0.25, 0.3) is 0 Å². The molecule has 2 aromatic carbocycles. The minimum atomic E-state index is -0.981. The molecule has 0 aliphatic carbocycles. The van der Waals surface area contributed by atoms with Crippen molar-refractivity contribution in [3.63, 3.8) is 0 Å². The number of nitrogens with one attached hydrogen (secondary N) is 2. The second kappa shape index (κ2) is 10.4. The van der Waals surface area contributed by atoms with E-state index in [0.717, 1.165) is 5.56 Å². The maximum absolute atomic E-state index is 13.8. The van der Waals surface area contributed by atoms with Crippen LogP contribution < -0.4 is 20.1 Å². The number of aliphatic hydroxyl groups is 1. The summed E-state index contributed by atoms with van der Waals surface area (Å²) in [4.78, 5) is 4.50. The Morgan fingerprint density at radius 3 is 2.59 bits per heavy atom. The predicted molar refractivity (Wildman–Crippen MR) is 104 cm³/mol. The number of aliphatic imine (C=N–C) groups is 1. The molecule has 0 heterocycles. The Balaban J connectivity index is 2.05. The van der Waals surface area contributed by atoms with Gasteiger partial charge in [0.1, 0.15) is 17.3 Å². The standard InChI is InChI=1S/C20H26FN3O3/c1-4-22-20(24-13-18(25)16-7-5-6-8-17(16)21)23-12-14-9-10-15(26-2)11-19(14)27-3/h5-11,18,25H,4,12-13H2,1-3H3,(H2,22,23,24). The molecular formula is C20H26FN3O3. The molecule has 2 rings (SSSR count). The molecule has 0 aliphatic heterocycles. The molecule has 1 unspecified atom stereocenters. The van der Waals surface area contributed by atoms with E-state index in [9.17, 15) is 9.50 Å². The summed E-state index contributed by atoms with van der Waals surface area (Å²) < 4.78 is 24.3. The molecule has 2 aromatic rings. The van der Waals surface area contributed by atoms with Crippen molar-refractivity contribution < 1.29 is 19.0 Å². The van der Waals surface area contributed by atoms with Gasteiger partial charge in [0.15, 0.2) is 5.96 Å². The van der Waals surface area contributed by atoms with E-state index in [-0.39, 0.29) is 12.1 Å². The summed E-state index contributed by atoms with van der Waals surface area (Å²) >= 11 is 0. The van der Waals surface area contributed by atoms with Crippen LogP contribution in [0.3, 0.4) is 0 Å². The van der Waals surface area contributed by atoms with Gasteiger partial charge in [0.05, 0.1) is 26.9 Å². The van der Waals surface area contributed by atoms with E-state index in [0.29, 0.717) is 30.5 Å². The first kappa shape index (κ1) is 20.5. The molecule has 0 saturated heterocycles. The second-order valence-corrected chi connectivity index (χ2v) is 5.79. The summed E-state index contributed by atoms with van der Waals surface area (Å²) in [5, 5.41) is 16.4. The maximum atomic E-state index is 13.8. The average molecular weight is 375 g/mol. The van der Waals surface area contributed by atoms with Gasteiger partial charge in [0.25, 0.3) is 0 Å². The first-order chi connectivity index (χ1) is 13.1. The molecule has 0 bridgehead atoms. The Hall–Kier alpha value is -2.80. The van der Waals surface area contributed by atoms with Crippen molar-refractivity contribution in [3.8, 4) is 11.5 Å². The van der Waals surface area contributed by atoms with Gasteiger partial charge in [-0.3, -0.25) is 0 Å². The minimum Gasteiger partial charge on any atom is -0.497 e. The number of benzene rings is 2. The molecule has 0 saturated carbocycles. The van der Waals surface area contributed by atoms with Crippen LogP contribution in [0.2, 0.25) is 0 Å². The summed E-state index contributed by atoms with van der Waals surface area (Å²) in [6.07, 6.45) is -0.981. The van der Waals surface area contributed by atoms with Crippen molar-refractivity contribution >= 4 is 5.96 Å². The number of guanidine groups is 1. The van der Waals surface area contributed by atoms with Crippen LogP contribution in [0.1, 0.15) is 24.2 Å². The highest BCUT2D eigenvalue weighted by molar-refractivity contribution is 5.79. The monoisotopic (exact) mass is 375 g/mol. The molecular weight excluding hydrogens is 349 g/mol. The summed E-state index contributed by atoms with van der Waals surface area (Å²) in [6, 6.07) is 11.7. The molecule has 1 atom stereocenters. The van der Waals surface area contributed by atoms with Gasteiger partial charge >= 0.3 is 0 Å². The van der Waals surface area contributed by atoms with E-state index >= 15 is 0 Å². The Morgan fingerprint density at radius 2 is 1.93 bits per heavy atom. The van der Waals surface area contributed by atoms with Crippen LogP contribution >= 0.6 is 0 Å². The van der Waals surface area contributed by atoms with Crippen LogP contribution in [0.15, 0.2) is 47.5 Å². The first-order valence-corrected chi connectivity index (χ1v) is 8.74. The van der Waals surface area contributed by atoms with Gasteiger partial charge in [-0.25, -0.2) is 9.38 Å². The van der Waals surface area contributed by atoms with E-state index < -0.39 is 11.9 Å². The summed E-state index contributed by atoms with van der Waals surface area (Å²) in [5.74, 6) is 1.47. The number of hydrogen-bond acceptors (Lipinski definition) is 4. The first-order valence-electron chi connectivity index (χ1n) is 8.74. The van der Waals surface area contributed by atoms with Crippen molar-refractivity contribution in [1.29, 1.82) is 0 Å². The van der Waals surface area contributed by atoms with E-state index in [1.165, 1.54) is 6.07 Å². The summed E-state index contributed by atoms with van der Waals surface area (Å²) in [7, 11) is 3.19. The fourth-order valence-corrected chi connectivity index (χ4v) is 2.54. The van der Waals surface area contributed by atoms with Crippen molar-refractivity contribution in [3.05, 3.63) is 59.4 Å². The van der Waals surface area contributed by atoms with Crippen LogP contribution in [0.5, 0.6) is 11.5 Å². The van der Waals surface area contributed by atoms with Crippen molar-refractivity contribution in [2.75, 3.05) is 27.3 Å². The van der Waals surface area contributed by atoms with Crippen LogP contribution in [-0.2, 0) is 6.54 Å². The molecule has 0 amide bonds. The Morgan fingerprint density at radius 1 is 1.15 bits per heavy atom. The van der Waals surface area contributed by atoms with Gasteiger partial charge in [-0.15, -0.1) is 0 Å². The predicted octanol–water partition coefficient (Wildman–Crippen LogP) is 2.63. The minimum absolute atomic E-state index is 0.131. The van der Waals surface area contributed by atoms with Crippen LogP contribution in [0, 0.1) is 5.82 Å². The van der Waals surface area contributed by atoms with Gasteiger partial charge in [-0.05, 0) is 25.1 Å². The molecule has 6 nitrogen and oxygen atoms in total. The third kappa shape index (κ3) is 5.86. The number of hydrogen-bond donors (Lipinski definition) is 3. The van der Waals surface area contributed by atoms with Crippen LogP contribution in [0.4, 0.5) is 4.39 Å². The molecule has 0 spiro atoms. The molecule has 0 radical (unpaired) electrons. The molecule has 27 heavy (non-hydrogen) atoms. The molecule has 0 fully saturated rings. The lowest BCUT2D eigenvalue weighted by Gasteiger charge is -2.16. The lowest BCUT2D eigenvalue weighted by Crippen LogP contribution is -2.39. The number of methoxy groups -OCH3 is 2. The number of nitrogens with zero attached hydrogens (tertiary/aromatic N) is 1. The molecule has 3 N–H and O–H groups in total. The van der Waals surface area contributed by atoms with Gasteiger partial charge in [-0.2, -0.15) is 0 Å². The molecule has 146 valence electrons. The fraction of sp³-hybridized carbons (Fsp3) is 0.350. The SMILES string of the molecule is CCNC(=NCc1ccc(OC)cc1OC)NCC(O)c1ccccc1F. The third-order valence-corrected chi connectivity index (χ3v) is 3.97. The fourth-order valence-electron chi connectivity index (χ4n) is 2.54. The zero-order valence-electron chi connectivity index (χ0n) is 15.8. The highest BCUT2D eigenvalue weighted by atomic mass is 19.1. The third-order valence-electron chi connectivity index (χ3n) is 3.97. The van der Waals surface area contributed by atoms with Crippen molar-refractivity contribution in [1.82, 2.24) is 10.6 Å². The number of ether oxygens (including phenoxy) is 2. The molecule has 7 heteroatoms. The highest BCUT2D eigenvalue weighted by Crippen LogP contribution is 2.25. The Labute approximate surface area is 159 Å². The topological polar surface area (TPSA) is 75.1 Å². The largest absolute Gasteiger partial charge is 0.497 e. The normalized spacial score (nSPS) is 12.4. The Bertz CT molecular complexity index is 768. The molecule has 0 aromatic heterocycles. The van der Waals surface area contributed by atoms with Crippen molar-refractivity contribution in [2.24, 2.45) is 4.99 Å². The van der Waals surface area contributed by atoms with Crippen LogP contribution in [-0.4, -0.2) is 38.4 Å². The number of halogens is 1. The lowest BCUT2D eigenvalue weighted by molar-refractivity contribution is 0.176. The van der Waals surface area contributed by atoms with Gasteiger partial charge < -0.3 is 25.2 Å². The molecule has 0 aliphatic rings. The quantitative estimate of drug-likeness (QED) is 0.489. The van der Waals surface area contributed by atoms with Gasteiger partial charge in [0.2, 0.25) is 0 Å². The Kier molecular flexibility index (Phi) is 7.88. The average Bonchev–Trinajstić information content (AvgIpc) is 2.70. The van der Waals surface area contributed by atoms with Gasteiger partial charge in [0, 0.05) is 30.3 Å².